The van der Waals surface area contributed by atoms with Crippen molar-refractivity contribution in [1.82, 2.24) is 20.4 Å². The van der Waals surface area contributed by atoms with Crippen LogP contribution in [0.5, 0.6) is 0 Å². The number of fused-ring (bicyclic) bond motifs is 1. The summed E-state index contributed by atoms with van der Waals surface area (Å²) in [4.78, 5) is 41.2. The third-order valence-electron chi connectivity index (χ3n) is 6.47. The summed E-state index contributed by atoms with van der Waals surface area (Å²) in [5.41, 5.74) is 2.81. The number of piperidine rings is 1. The van der Waals surface area contributed by atoms with Crippen LogP contribution in [0, 0.1) is 5.92 Å². The van der Waals surface area contributed by atoms with Gasteiger partial charge in [-0.2, -0.15) is 0 Å². The van der Waals surface area contributed by atoms with Gasteiger partial charge in [-0.3, -0.25) is 24.6 Å². The van der Waals surface area contributed by atoms with Gasteiger partial charge in [0.15, 0.2) is 0 Å². The summed E-state index contributed by atoms with van der Waals surface area (Å²) in [5.74, 6) is 1.20. The second kappa shape index (κ2) is 7.74. The van der Waals surface area contributed by atoms with E-state index in [9.17, 15) is 14.4 Å². The van der Waals surface area contributed by atoms with E-state index in [0.29, 0.717) is 24.3 Å². The molecule has 2 N–H and O–H groups in total. The number of hydrogen-bond acceptors (Lipinski definition) is 6. The fraction of sp³-hybridized carbons (Fsp3) is 0.571. The van der Waals surface area contributed by atoms with Crippen molar-refractivity contribution in [3.8, 4) is 0 Å². The van der Waals surface area contributed by atoms with Crippen LogP contribution in [0.25, 0.3) is 0 Å². The van der Waals surface area contributed by atoms with Crippen molar-refractivity contribution in [1.29, 1.82) is 0 Å². The second-order valence-corrected chi connectivity index (χ2v) is 9.58. The fourth-order valence-corrected chi connectivity index (χ4v) is 6.25. The number of thioether (sulfide) groups is 1. The average Bonchev–Trinajstić information content (AvgIpc) is 2.99. The molecule has 4 aliphatic rings. The molecule has 0 aromatic heterocycles. The van der Waals surface area contributed by atoms with Crippen molar-refractivity contribution in [2.75, 3.05) is 25.4 Å². The zero-order valence-corrected chi connectivity index (χ0v) is 17.2. The van der Waals surface area contributed by atoms with Gasteiger partial charge in [0, 0.05) is 50.6 Å². The summed E-state index contributed by atoms with van der Waals surface area (Å²) in [6.45, 7) is 4.42. The highest BCUT2D eigenvalue weighted by atomic mass is 32.2. The molecule has 0 saturated carbocycles. The molecule has 1 aromatic rings. The third-order valence-corrected chi connectivity index (χ3v) is 8.02. The highest BCUT2D eigenvalue weighted by Crippen LogP contribution is 2.35. The van der Waals surface area contributed by atoms with Crippen molar-refractivity contribution < 1.29 is 14.4 Å². The molecule has 0 bridgehead atoms. The Bertz CT molecular complexity index is 856. The number of benzene rings is 1. The minimum absolute atomic E-state index is 0.0726. The normalized spacial score (nSPS) is 28.3. The van der Waals surface area contributed by atoms with Crippen LogP contribution in [0.2, 0.25) is 0 Å². The number of carbonyl (C=O) groups excluding carboxylic acids is 3. The van der Waals surface area contributed by atoms with Crippen LogP contribution < -0.4 is 10.6 Å². The maximum Gasteiger partial charge on any atom is 0.255 e. The Kier molecular flexibility index (Phi) is 5.09. The van der Waals surface area contributed by atoms with E-state index in [-0.39, 0.29) is 24.1 Å². The molecule has 4 heterocycles. The first-order chi connectivity index (χ1) is 14.1. The molecule has 3 fully saturated rings. The topological polar surface area (TPSA) is 81.8 Å². The molecular formula is C21H26N4O3S. The van der Waals surface area contributed by atoms with Gasteiger partial charge >= 0.3 is 0 Å². The largest absolute Gasteiger partial charge is 0.322 e. The van der Waals surface area contributed by atoms with Gasteiger partial charge in [-0.15, -0.1) is 11.8 Å². The average molecular weight is 415 g/mol. The van der Waals surface area contributed by atoms with E-state index in [2.05, 4.69) is 21.6 Å². The molecule has 3 amide bonds. The molecule has 0 aliphatic carbocycles. The molecule has 2 atom stereocenters. The first-order valence-corrected chi connectivity index (χ1v) is 11.5. The van der Waals surface area contributed by atoms with E-state index in [1.807, 2.05) is 23.9 Å². The predicted molar refractivity (Wildman–Crippen MR) is 110 cm³/mol. The highest BCUT2D eigenvalue weighted by Gasteiger charge is 2.41. The van der Waals surface area contributed by atoms with Gasteiger partial charge < -0.3 is 10.2 Å². The quantitative estimate of drug-likeness (QED) is 0.714. The number of hydrogen-bond donors (Lipinski definition) is 2. The lowest BCUT2D eigenvalue weighted by atomic mass is 9.99. The summed E-state index contributed by atoms with van der Waals surface area (Å²) in [6.07, 6.45) is 1.86. The van der Waals surface area contributed by atoms with E-state index in [4.69, 9.17) is 0 Å². The Hall–Kier alpha value is -1.90. The third kappa shape index (κ3) is 3.47. The van der Waals surface area contributed by atoms with Gasteiger partial charge in [-0.05, 0) is 29.7 Å². The highest BCUT2D eigenvalue weighted by molar-refractivity contribution is 7.99. The van der Waals surface area contributed by atoms with Crippen LogP contribution in [0.3, 0.4) is 0 Å². The standard InChI is InChI=1S/C21H26N4O3S/c26-17-6-5-16(19(27)23-17)25-12-14-4-1-3-13(18(14)20(25)28)11-24-7-2-8-29-21(24)15-9-22-10-15/h1,3-4,15-16,21-22H,2,5-12H2,(H,23,26,27). The molecule has 4 aliphatic heterocycles. The van der Waals surface area contributed by atoms with Crippen LogP contribution in [0.15, 0.2) is 18.2 Å². The van der Waals surface area contributed by atoms with Gasteiger partial charge in [0.05, 0.1) is 5.37 Å². The van der Waals surface area contributed by atoms with E-state index in [1.165, 1.54) is 12.2 Å². The monoisotopic (exact) mass is 414 g/mol. The zero-order valence-electron chi connectivity index (χ0n) is 16.4. The fourth-order valence-electron chi connectivity index (χ4n) is 4.86. The number of nitrogens with one attached hydrogen (secondary N) is 2. The number of carbonyl (C=O) groups is 3. The SMILES string of the molecule is O=C1CCC(N2Cc3cccc(CN4CCCSC4C4CNC4)c3C2=O)C(=O)N1. The van der Waals surface area contributed by atoms with E-state index < -0.39 is 6.04 Å². The Morgan fingerprint density at radius 3 is 2.79 bits per heavy atom. The summed E-state index contributed by atoms with van der Waals surface area (Å²) < 4.78 is 0. The van der Waals surface area contributed by atoms with Crippen LogP contribution in [-0.2, 0) is 22.7 Å². The van der Waals surface area contributed by atoms with Crippen molar-refractivity contribution in [3.05, 3.63) is 34.9 Å². The van der Waals surface area contributed by atoms with Crippen LogP contribution in [-0.4, -0.2) is 64.3 Å². The number of rotatable bonds is 4. The smallest absolute Gasteiger partial charge is 0.255 e. The number of nitrogens with zero attached hydrogens (tertiary/aromatic N) is 2. The Morgan fingerprint density at radius 1 is 1.17 bits per heavy atom. The van der Waals surface area contributed by atoms with E-state index in [0.717, 1.165) is 42.9 Å². The molecule has 3 saturated heterocycles. The zero-order chi connectivity index (χ0) is 20.0. The summed E-state index contributed by atoms with van der Waals surface area (Å²) in [7, 11) is 0. The molecule has 29 heavy (non-hydrogen) atoms. The van der Waals surface area contributed by atoms with Crippen LogP contribution in [0.4, 0.5) is 0 Å². The Morgan fingerprint density at radius 2 is 2.03 bits per heavy atom. The molecule has 154 valence electrons. The number of imide groups is 1. The van der Waals surface area contributed by atoms with Crippen LogP contribution in [0.1, 0.15) is 40.7 Å². The Labute approximate surface area is 174 Å². The summed E-state index contributed by atoms with van der Waals surface area (Å²) in [6, 6.07) is 5.51. The maximum atomic E-state index is 13.3. The lowest BCUT2D eigenvalue weighted by molar-refractivity contribution is -0.136. The first kappa shape index (κ1) is 19.1. The maximum absolute atomic E-state index is 13.3. The van der Waals surface area contributed by atoms with Crippen molar-refractivity contribution in [3.63, 3.8) is 0 Å². The lowest BCUT2D eigenvalue weighted by Crippen LogP contribution is -2.54. The van der Waals surface area contributed by atoms with Gasteiger partial charge in [0.1, 0.15) is 6.04 Å². The van der Waals surface area contributed by atoms with Crippen molar-refractivity contribution in [2.45, 2.75) is 43.8 Å². The minimum atomic E-state index is -0.556. The molecule has 1 aromatic carbocycles. The van der Waals surface area contributed by atoms with E-state index >= 15 is 0 Å². The van der Waals surface area contributed by atoms with Gasteiger partial charge in [-0.25, -0.2) is 0 Å². The minimum Gasteiger partial charge on any atom is -0.322 e. The molecule has 0 radical (unpaired) electrons. The Balaban J connectivity index is 1.37. The molecule has 0 spiro atoms. The molecule has 5 rings (SSSR count). The summed E-state index contributed by atoms with van der Waals surface area (Å²) in [5, 5.41) is 6.26. The van der Waals surface area contributed by atoms with E-state index in [1.54, 1.807) is 4.90 Å². The molecule has 8 heteroatoms. The molecular weight excluding hydrogens is 388 g/mol. The van der Waals surface area contributed by atoms with Gasteiger partial charge in [0.25, 0.3) is 5.91 Å². The second-order valence-electron chi connectivity index (χ2n) is 8.35. The molecule has 2 unspecified atom stereocenters. The first-order valence-electron chi connectivity index (χ1n) is 10.4. The predicted octanol–water partition coefficient (Wildman–Crippen LogP) is 0.932. The lowest BCUT2D eigenvalue weighted by Gasteiger charge is -2.44. The van der Waals surface area contributed by atoms with Gasteiger partial charge in [-0.1, -0.05) is 18.2 Å². The number of amides is 3. The molecule has 7 nitrogen and oxygen atoms in total. The van der Waals surface area contributed by atoms with Gasteiger partial charge in [0.2, 0.25) is 11.8 Å². The van der Waals surface area contributed by atoms with Crippen molar-refractivity contribution >= 4 is 29.5 Å². The summed E-state index contributed by atoms with van der Waals surface area (Å²) >= 11 is 2.04. The van der Waals surface area contributed by atoms with Crippen molar-refractivity contribution in [2.24, 2.45) is 5.92 Å². The van der Waals surface area contributed by atoms with Crippen LogP contribution >= 0.6 is 11.8 Å².